The number of piperidine rings is 1. The number of carboxylic acid groups (broad SMARTS) is 1. The van der Waals surface area contributed by atoms with Gasteiger partial charge in [0.05, 0.1) is 17.0 Å². The van der Waals surface area contributed by atoms with E-state index in [1.165, 1.54) is 24.3 Å². The van der Waals surface area contributed by atoms with Crippen LogP contribution in [-0.2, 0) is 16.4 Å². The summed E-state index contributed by atoms with van der Waals surface area (Å²) in [7, 11) is 0. The molecular weight excluding hydrogens is 494 g/mol. The molecule has 2 aliphatic rings. The Labute approximate surface area is 220 Å². The smallest absolute Gasteiger partial charge is 0.416 e. The molecule has 7 heteroatoms. The van der Waals surface area contributed by atoms with Crippen LogP contribution in [0.1, 0.15) is 67.8 Å². The summed E-state index contributed by atoms with van der Waals surface area (Å²) in [6.45, 7) is 4.90. The van der Waals surface area contributed by atoms with Gasteiger partial charge in [0.2, 0.25) is 0 Å². The van der Waals surface area contributed by atoms with Crippen LogP contribution in [0.4, 0.5) is 17.6 Å². The molecule has 0 bridgehead atoms. The number of likely N-dealkylation sites (tertiary alicyclic amines) is 1. The van der Waals surface area contributed by atoms with Gasteiger partial charge in [-0.05, 0) is 104 Å². The summed E-state index contributed by atoms with van der Waals surface area (Å²) in [4.78, 5) is 14.8. The molecule has 0 radical (unpaired) electrons. The zero-order valence-corrected chi connectivity index (χ0v) is 21.5. The maximum absolute atomic E-state index is 13.9. The number of carbonyl (C=O) groups is 1. The first-order valence-electron chi connectivity index (χ1n) is 13.0. The van der Waals surface area contributed by atoms with Crippen molar-refractivity contribution in [2.45, 2.75) is 57.2 Å². The minimum absolute atomic E-state index is 0.281. The van der Waals surface area contributed by atoms with Gasteiger partial charge in [-0.2, -0.15) is 13.2 Å². The molecule has 0 aromatic heterocycles. The standard InChI is InChI=1S/C31H31F4NO2/c1-29(2,28(37)38)25-6-3-5-24(26(25)20-7-11-22(12-8-20)31(33,34)35)27(21-9-13-23(32)14-10-21)36-18-4-15-30(19-36)16-17-30/h3,5-14,27H,4,15-19H2,1-2H3,(H,37,38). The number of alkyl halides is 3. The van der Waals surface area contributed by atoms with Crippen molar-refractivity contribution in [1.82, 2.24) is 4.90 Å². The zero-order valence-electron chi connectivity index (χ0n) is 21.5. The molecule has 3 aromatic carbocycles. The molecule has 1 unspecified atom stereocenters. The molecule has 1 saturated heterocycles. The van der Waals surface area contributed by atoms with Gasteiger partial charge in [0.1, 0.15) is 5.82 Å². The van der Waals surface area contributed by atoms with Gasteiger partial charge in [-0.25, -0.2) is 4.39 Å². The Morgan fingerprint density at radius 1 is 0.947 bits per heavy atom. The second-order valence-electron chi connectivity index (χ2n) is 11.3. The van der Waals surface area contributed by atoms with Gasteiger partial charge >= 0.3 is 12.1 Å². The number of carboxylic acids is 1. The Kier molecular flexibility index (Phi) is 6.62. The molecule has 1 atom stereocenters. The highest BCUT2D eigenvalue weighted by Gasteiger charge is 2.47. The quantitative estimate of drug-likeness (QED) is 0.333. The molecule has 5 rings (SSSR count). The average molecular weight is 526 g/mol. The van der Waals surface area contributed by atoms with E-state index < -0.39 is 23.1 Å². The van der Waals surface area contributed by atoms with E-state index in [0.29, 0.717) is 16.7 Å². The van der Waals surface area contributed by atoms with Gasteiger partial charge < -0.3 is 5.11 Å². The molecule has 1 aliphatic carbocycles. The lowest BCUT2D eigenvalue weighted by molar-refractivity contribution is -0.142. The minimum atomic E-state index is -4.48. The highest BCUT2D eigenvalue weighted by Crippen LogP contribution is 2.54. The monoisotopic (exact) mass is 525 g/mol. The third-order valence-corrected chi connectivity index (χ3v) is 8.30. The van der Waals surface area contributed by atoms with Crippen LogP contribution in [0.2, 0.25) is 0 Å². The summed E-state index contributed by atoms with van der Waals surface area (Å²) < 4.78 is 54.0. The SMILES string of the molecule is CC(C)(C(=O)O)c1cccc(C(c2ccc(F)cc2)N2CCCC3(CC3)C2)c1-c1ccc(C(F)(F)F)cc1. The van der Waals surface area contributed by atoms with E-state index >= 15 is 0 Å². The summed E-state index contributed by atoms with van der Waals surface area (Å²) in [5.74, 6) is -1.38. The second kappa shape index (κ2) is 9.53. The van der Waals surface area contributed by atoms with Crippen LogP contribution >= 0.6 is 0 Å². The van der Waals surface area contributed by atoms with E-state index in [0.717, 1.165) is 62.0 Å². The maximum Gasteiger partial charge on any atom is 0.416 e. The molecule has 2 fully saturated rings. The lowest BCUT2D eigenvalue weighted by Crippen LogP contribution is -2.40. The number of halogens is 4. The molecule has 1 N–H and O–H groups in total. The largest absolute Gasteiger partial charge is 0.481 e. The predicted octanol–water partition coefficient (Wildman–Crippen LogP) is 7.84. The van der Waals surface area contributed by atoms with E-state index in [1.54, 1.807) is 32.0 Å². The lowest BCUT2D eigenvalue weighted by Gasteiger charge is -2.40. The third kappa shape index (κ3) is 4.96. The van der Waals surface area contributed by atoms with Crippen molar-refractivity contribution in [1.29, 1.82) is 0 Å². The number of hydrogen-bond donors (Lipinski definition) is 1. The molecule has 38 heavy (non-hydrogen) atoms. The van der Waals surface area contributed by atoms with Crippen LogP contribution < -0.4 is 0 Å². The molecular formula is C31H31F4NO2. The predicted molar refractivity (Wildman–Crippen MR) is 138 cm³/mol. The van der Waals surface area contributed by atoms with Crippen molar-refractivity contribution in [3.63, 3.8) is 0 Å². The number of nitrogens with zero attached hydrogens (tertiary/aromatic N) is 1. The van der Waals surface area contributed by atoms with Crippen molar-refractivity contribution < 1.29 is 27.5 Å². The molecule has 0 amide bonds. The normalized spacial score (nSPS) is 18.4. The summed E-state index contributed by atoms with van der Waals surface area (Å²) >= 11 is 0. The van der Waals surface area contributed by atoms with Crippen LogP contribution in [-0.4, -0.2) is 29.1 Å². The molecule has 1 heterocycles. The number of benzene rings is 3. The van der Waals surface area contributed by atoms with Crippen molar-refractivity contribution in [3.8, 4) is 11.1 Å². The van der Waals surface area contributed by atoms with Crippen LogP contribution in [0.15, 0.2) is 66.7 Å². The lowest BCUT2D eigenvalue weighted by atomic mass is 9.76. The molecule has 1 saturated carbocycles. The van der Waals surface area contributed by atoms with Crippen LogP contribution in [0, 0.1) is 11.2 Å². The maximum atomic E-state index is 13.9. The van der Waals surface area contributed by atoms with Gasteiger partial charge in [0.15, 0.2) is 0 Å². The Hall–Kier alpha value is -3.19. The summed E-state index contributed by atoms with van der Waals surface area (Å²) in [6.07, 6.45) is 0.0321. The van der Waals surface area contributed by atoms with E-state index in [9.17, 15) is 27.5 Å². The summed E-state index contributed by atoms with van der Waals surface area (Å²) in [5.41, 5.74) is 1.53. The summed E-state index contributed by atoms with van der Waals surface area (Å²) in [6, 6.07) is 16.4. The highest BCUT2D eigenvalue weighted by molar-refractivity contribution is 5.86. The van der Waals surface area contributed by atoms with Gasteiger partial charge in [-0.3, -0.25) is 9.69 Å². The second-order valence-corrected chi connectivity index (χ2v) is 11.3. The zero-order chi connectivity index (χ0) is 27.3. The Balaban J connectivity index is 1.74. The fraction of sp³-hybridized carbons (Fsp3) is 0.387. The molecule has 3 aromatic rings. The van der Waals surface area contributed by atoms with Gasteiger partial charge in [0.25, 0.3) is 0 Å². The highest BCUT2D eigenvalue weighted by atomic mass is 19.4. The van der Waals surface area contributed by atoms with E-state index in [-0.39, 0.29) is 17.3 Å². The molecule has 200 valence electrons. The molecule has 3 nitrogen and oxygen atoms in total. The van der Waals surface area contributed by atoms with Crippen LogP contribution in [0.25, 0.3) is 11.1 Å². The van der Waals surface area contributed by atoms with E-state index in [2.05, 4.69) is 4.90 Å². The summed E-state index contributed by atoms with van der Waals surface area (Å²) in [5, 5.41) is 10.1. The van der Waals surface area contributed by atoms with Crippen molar-refractivity contribution in [3.05, 3.63) is 94.8 Å². The fourth-order valence-corrected chi connectivity index (χ4v) is 5.87. The van der Waals surface area contributed by atoms with Crippen LogP contribution in [0.3, 0.4) is 0 Å². The van der Waals surface area contributed by atoms with E-state index in [4.69, 9.17) is 0 Å². The number of hydrogen-bond acceptors (Lipinski definition) is 2. The molecule has 1 spiro atoms. The first-order chi connectivity index (χ1) is 17.9. The Bertz CT molecular complexity index is 1330. The Morgan fingerprint density at radius 2 is 1.61 bits per heavy atom. The van der Waals surface area contributed by atoms with E-state index in [1.807, 2.05) is 12.1 Å². The minimum Gasteiger partial charge on any atom is -0.481 e. The average Bonchev–Trinajstić information content (AvgIpc) is 3.62. The topological polar surface area (TPSA) is 40.5 Å². The van der Waals surface area contributed by atoms with Crippen molar-refractivity contribution in [2.75, 3.05) is 13.1 Å². The van der Waals surface area contributed by atoms with Gasteiger partial charge in [-0.15, -0.1) is 0 Å². The fourth-order valence-electron chi connectivity index (χ4n) is 5.87. The van der Waals surface area contributed by atoms with Gasteiger partial charge in [0, 0.05) is 6.54 Å². The Morgan fingerprint density at radius 3 is 2.18 bits per heavy atom. The van der Waals surface area contributed by atoms with Crippen molar-refractivity contribution >= 4 is 5.97 Å². The third-order valence-electron chi connectivity index (χ3n) is 8.30. The van der Waals surface area contributed by atoms with Gasteiger partial charge in [-0.1, -0.05) is 42.5 Å². The molecule has 1 aliphatic heterocycles. The number of rotatable bonds is 6. The first-order valence-corrected chi connectivity index (χ1v) is 13.0. The van der Waals surface area contributed by atoms with Crippen LogP contribution in [0.5, 0.6) is 0 Å². The number of aliphatic carboxylic acids is 1. The van der Waals surface area contributed by atoms with Crippen molar-refractivity contribution in [2.24, 2.45) is 5.41 Å². The first kappa shape index (κ1) is 26.4.